The van der Waals surface area contributed by atoms with Gasteiger partial charge in [-0.2, -0.15) is 0 Å². The van der Waals surface area contributed by atoms with Crippen molar-refractivity contribution in [3.8, 4) is 11.3 Å². The monoisotopic (exact) mass is 496 g/mol. The molecule has 0 spiro atoms. The van der Waals surface area contributed by atoms with Crippen molar-refractivity contribution in [1.82, 2.24) is 34.0 Å². The number of nitrogens with zero attached hydrogens (tertiary/aromatic N) is 7. The van der Waals surface area contributed by atoms with Crippen LogP contribution < -0.4 is 5.32 Å². The largest absolute Gasteiger partial charge is 0.378 e. The molecule has 4 aromatic rings. The number of aromatic nitrogens is 6. The summed E-state index contributed by atoms with van der Waals surface area (Å²) >= 11 is 0. The van der Waals surface area contributed by atoms with E-state index >= 15 is 0 Å². The van der Waals surface area contributed by atoms with Crippen LogP contribution in [0.25, 0.3) is 27.9 Å². The van der Waals surface area contributed by atoms with Crippen molar-refractivity contribution in [2.45, 2.75) is 52.2 Å². The lowest BCUT2D eigenvalue weighted by Crippen LogP contribution is -2.59. The van der Waals surface area contributed by atoms with E-state index in [0.717, 1.165) is 43.8 Å². The summed E-state index contributed by atoms with van der Waals surface area (Å²) in [5.41, 5.74) is 3.41. The SMILES string of the molecule is Cc1nc2ccc(-c3ccn4nc(N[C@H]5CCN(C6COC6)CC5(C)C)ncc34)nc2n1CC(F)F. The van der Waals surface area contributed by atoms with Crippen LogP contribution in [0.3, 0.4) is 0 Å². The molecule has 1 atom stereocenters. The zero-order valence-electron chi connectivity index (χ0n) is 20.7. The molecule has 0 aliphatic carbocycles. The fourth-order valence-electron chi connectivity index (χ4n) is 5.37. The molecule has 0 unspecified atom stereocenters. The van der Waals surface area contributed by atoms with Gasteiger partial charge in [-0.05, 0) is 37.0 Å². The van der Waals surface area contributed by atoms with Gasteiger partial charge in [0, 0.05) is 30.9 Å². The molecule has 190 valence electrons. The molecule has 1 N–H and O–H groups in total. The van der Waals surface area contributed by atoms with Crippen molar-refractivity contribution < 1.29 is 13.5 Å². The van der Waals surface area contributed by atoms with Crippen LogP contribution in [0, 0.1) is 12.3 Å². The van der Waals surface area contributed by atoms with Gasteiger partial charge in [0.25, 0.3) is 6.43 Å². The van der Waals surface area contributed by atoms with Crippen LogP contribution in [-0.4, -0.2) is 78.8 Å². The first-order chi connectivity index (χ1) is 17.3. The minimum Gasteiger partial charge on any atom is -0.378 e. The molecule has 2 fully saturated rings. The van der Waals surface area contributed by atoms with Gasteiger partial charge in [-0.1, -0.05) is 13.8 Å². The highest BCUT2D eigenvalue weighted by molar-refractivity contribution is 5.82. The Bertz CT molecular complexity index is 1410. The van der Waals surface area contributed by atoms with Crippen LogP contribution in [-0.2, 0) is 11.3 Å². The molecule has 0 aromatic carbocycles. The third kappa shape index (κ3) is 4.09. The Kier molecular flexibility index (Phi) is 5.64. The number of piperidine rings is 1. The number of likely N-dealkylation sites (tertiary alicyclic amines) is 1. The minimum absolute atomic E-state index is 0.0621. The van der Waals surface area contributed by atoms with E-state index in [1.165, 1.54) is 4.57 Å². The summed E-state index contributed by atoms with van der Waals surface area (Å²) in [6, 6.07) is 6.39. The molecule has 2 aliphatic rings. The number of aryl methyl sites for hydroxylation is 1. The third-order valence-electron chi connectivity index (χ3n) is 7.50. The van der Waals surface area contributed by atoms with Gasteiger partial charge < -0.3 is 14.6 Å². The normalized spacial score (nSPS) is 20.9. The van der Waals surface area contributed by atoms with E-state index in [1.54, 1.807) is 17.6 Å². The number of imidazole rings is 1. The molecule has 6 heterocycles. The quantitative estimate of drug-likeness (QED) is 0.436. The van der Waals surface area contributed by atoms with Crippen molar-refractivity contribution in [2.24, 2.45) is 5.41 Å². The fourth-order valence-corrected chi connectivity index (χ4v) is 5.37. The van der Waals surface area contributed by atoms with Crippen molar-refractivity contribution in [2.75, 3.05) is 31.6 Å². The number of fused-ring (bicyclic) bond motifs is 2. The summed E-state index contributed by atoms with van der Waals surface area (Å²) in [4.78, 5) is 16.2. The van der Waals surface area contributed by atoms with Crippen LogP contribution in [0.5, 0.6) is 0 Å². The van der Waals surface area contributed by atoms with Crippen LogP contribution in [0.2, 0.25) is 0 Å². The smallest absolute Gasteiger partial charge is 0.256 e. The highest BCUT2D eigenvalue weighted by Crippen LogP contribution is 2.33. The minimum atomic E-state index is -2.48. The summed E-state index contributed by atoms with van der Waals surface area (Å²) in [5.74, 6) is 1.10. The molecular formula is C25H30F2N8O. The number of pyridine rings is 1. The molecule has 6 rings (SSSR count). The van der Waals surface area contributed by atoms with Gasteiger partial charge in [-0.15, -0.1) is 5.10 Å². The Hall–Kier alpha value is -3.18. The Balaban J connectivity index is 1.25. The lowest BCUT2D eigenvalue weighted by Gasteiger charge is -2.49. The Morgan fingerprint density at radius 1 is 1.19 bits per heavy atom. The second kappa shape index (κ2) is 8.74. The third-order valence-corrected chi connectivity index (χ3v) is 7.50. The van der Waals surface area contributed by atoms with Gasteiger partial charge >= 0.3 is 0 Å². The maximum absolute atomic E-state index is 13.1. The second-order valence-electron chi connectivity index (χ2n) is 10.5. The van der Waals surface area contributed by atoms with Gasteiger partial charge in [0.1, 0.15) is 11.3 Å². The second-order valence-corrected chi connectivity index (χ2v) is 10.5. The van der Waals surface area contributed by atoms with Crippen LogP contribution in [0.15, 0.2) is 30.6 Å². The fraction of sp³-hybridized carbons (Fsp3) is 0.520. The van der Waals surface area contributed by atoms with E-state index in [-0.39, 0.29) is 11.5 Å². The average Bonchev–Trinajstić information content (AvgIpc) is 3.34. The molecule has 9 nitrogen and oxygen atoms in total. The molecule has 0 saturated carbocycles. The van der Waals surface area contributed by atoms with Gasteiger partial charge in [0.15, 0.2) is 5.65 Å². The van der Waals surface area contributed by atoms with Gasteiger partial charge in [0.05, 0.1) is 43.2 Å². The molecule has 36 heavy (non-hydrogen) atoms. The maximum atomic E-state index is 13.1. The number of halogens is 2. The molecule has 2 saturated heterocycles. The molecule has 0 bridgehead atoms. The summed E-state index contributed by atoms with van der Waals surface area (Å²) < 4.78 is 34.8. The molecule has 0 radical (unpaired) electrons. The summed E-state index contributed by atoms with van der Waals surface area (Å²) in [5, 5.41) is 8.26. The number of ether oxygens (including phenoxy) is 1. The highest BCUT2D eigenvalue weighted by Gasteiger charge is 2.40. The maximum Gasteiger partial charge on any atom is 0.256 e. The number of hydrogen-bond donors (Lipinski definition) is 1. The standard InChI is InChI=1S/C25H30F2N8O/c1-15-29-19-5-4-18(30-23(19)34(15)11-22(26)27)17-6-9-35-20(17)10-28-24(32-35)31-21-7-8-33(14-25(21,2)3)16-12-36-13-16/h4-6,9-10,16,21-22H,7-8,11-14H2,1-3H3,(H,31,32)/t21-/m0/s1. The van der Waals surface area contributed by atoms with Crippen LogP contribution in [0.4, 0.5) is 14.7 Å². The molecule has 4 aromatic heterocycles. The summed E-state index contributed by atoms with van der Waals surface area (Å²) in [6.45, 7) is 9.55. The topological polar surface area (TPSA) is 85.4 Å². The van der Waals surface area contributed by atoms with E-state index in [4.69, 9.17) is 9.84 Å². The van der Waals surface area contributed by atoms with E-state index in [9.17, 15) is 8.78 Å². The Morgan fingerprint density at radius 2 is 2.03 bits per heavy atom. The van der Waals surface area contributed by atoms with Gasteiger partial charge in [-0.3, -0.25) is 4.90 Å². The predicted molar refractivity (Wildman–Crippen MR) is 132 cm³/mol. The first-order valence-corrected chi connectivity index (χ1v) is 12.3. The summed E-state index contributed by atoms with van der Waals surface area (Å²) in [7, 11) is 0. The molecule has 0 amide bonds. The molecule has 11 heteroatoms. The van der Waals surface area contributed by atoms with E-state index in [2.05, 4.69) is 39.0 Å². The number of alkyl halides is 2. The lowest BCUT2D eigenvalue weighted by molar-refractivity contribution is -0.0860. The van der Waals surface area contributed by atoms with Crippen LogP contribution >= 0.6 is 0 Å². The first-order valence-electron chi connectivity index (χ1n) is 12.3. The zero-order valence-corrected chi connectivity index (χ0v) is 20.7. The van der Waals surface area contributed by atoms with Gasteiger partial charge in [-0.25, -0.2) is 28.2 Å². The van der Waals surface area contributed by atoms with E-state index in [1.807, 2.05) is 24.4 Å². The Morgan fingerprint density at radius 3 is 2.75 bits per heavy atom. The first kappa shape index (κ1) is 23.2. The summed E-state index contributed by atoms with van der Waals surface area (Å²) in [6.07, 6.45) is 2.18. The predicted octanol–water partition coefficient (Wildman–Crippen LogP) is 3.63. The van der Waals surface area contributed by atoms with Crippen molar-refractivity contribution in [3.63, 3.8) is 0 Å². The molecule has 2 aliphatic heterocycles. The number of anilines is 1. The average molecular weight is 497 g/mol. The van der Waals surface area contributed by atoms with Crippen molar-refractivity contribution in [1.29, 1.82) is 0 Å². The number of hydrogen-bond acceptors (Lipinski definition) is 7. The van der Waals surface area contributed by atoms with E-state index < -0.39 is 13.0 Å². The molecular weight excluding hydrogens is 466 g/mol. The van der Waals surface area contributed by atoms with Crippen molar-refractivity contribution >= 4 is 22.6 Å². The van der Waals surface area contributed by atoms with Crippen LogP contribution in [0.1, 0.15) is 26.1 Å². The Labute approximate surface area is 207 Å². The lowest BCUT2D eigenvalue weighted by atomic mass is 9.78. The van der Waals surface area contributed by atoms with Crippen molar-refractivity contribution in [3.05, 3.63) is 36.4 Å². The van der Waals surface area contributed by atoms with E-state index in [0.29, 0.717) is 34.7 Å². The van der Waals surface area contributed by atoms with Gasteiger partial charge in [0.2, 0.25) is 5.95 Å². The number of nitrogens with one attached hydrogen (secondary N) is 1. The zero-order chi connectivity index (χ0) is 25.0. The number of rotatable bonds is 6. The highest BCUT2D eigenvalue weighted by atomic mass is 19.3.